The average molecular weight is 255 g/mol. The number of halogens is 2. The second kappa shape index (κ2) is 4.36. The molecular formula is C12H8ClFOS. The maximum Gasteiger partial charge on any atom is 0.206 e. The summed E-state index contributed by atoms with van der Waals surface area (Å²) < 4.78 is 13.5. The Bertz CT molecular complexity index is 548. The van der Waals surface area contributed by atoms with Crippen LogP contribution in [0, 0.1) is 12.7 Å². The van der Waals surface area contributed by atoms with Gasteiger partial charge in [0.15, 0.2) is 0 Å². The third-order valence-corrected chi connectivity index (χ3v) is 3.49. The molecule has 0 aliphatic rings. The van der Waals surface area contributed by atoms with Crippen molar-refractivity contribution in [3.05, 3.63) is 56.5 Å². The van der Waals surface area contributed by atoms with E-state index in [0.29, 0.717) is 4.88 Å². The van der Waals surface area contributed by atoms with E-state index in [0.717, 1.165) is 11.6 Å². The van der Waals surface area contributed by atoms with E-state index in [1.807, 2.05) is 18.4 Å². The van der Waals surface area contributed by atoms with Crippen LogP contribution in [0.15, 0.2) is 29.6 Å². The van der Waals surface area contributed by atoms with E-state index < -0.39 is 5.82 Å². The molecular weight excluding hydrogens is 247 g/mol. The Morgan fingerprint density at radius 3 is 2.69 bits per heavy atom. The van der Waals surface area contributed by atoms with Gasteiger partial charge in [-0.2, -0.15) is 0 Å². The molecule has 0 fully saturated rings. The number of rotatable bonds is 2. The summed E-state index contributed by atoms with van der Waals surface area (Å²) in [5.41, 5.74) is 0.930. The Hall–Kier alpha value is -1.19. The van der Waals surface area contributed by atoms with Crippen LogP contribution in [0.4, 0.5) is 4.39 Å². The molecule has 1 aromatic heterocycles. The van der Waals surface area contributed by atoms with Gasteiger partial charge in [-0.25, -0.2) is 4.39 Å². The van der Waals surface area contributed by atoms with Gasteiger partial charge >= 0.3 is 0 Å². The van der Waals surface area contributed by atoms with Crippen LogP contribution >= 0.6 is 22.9 Å². The molecule has 1 aromatic carbocycles. The Labute approximate surface area is 101 Å². The van der Waals surface area contributed by atoms with Crippen molar-refractivity contribution in [1.82, 2.24) is 0 Å². The standard InChI is InChI=1S/C12H8ClFOS/c1-7-4-5-16-12(7)11(15)9-3-2-8(13)6-10(9)14/h2-6H,1H3. The zero-order valence-electron chi connectivity index (χ0n) is 8.46. The summed E-state index contributed by atoms with van der Waals surface area (Å²) in [5.74, 6) is -0.869. The van der Waals surface area contributed by atoms with Crippen LogP contribution in [-0.4, -0.2) is 5.78 Å². The summed E-state index contributed by atoms with van der Waals surface area (Å²) >= 11 is 6.95. The molecule has 0 saturated heterocycles. The summed E-state index contributed by atoms with van der Waals surface area (Å²) in [6.07, 6.45) is 0. The van der Waals surface area contributed by atoms with Gasteiger partial charge < -0.3 is 0 Å². The monoisotopic (exact) mass is 254 g/mol. The third-order valence-electron chi connectivity index (χ3n) is 2.24. The lowest BCUT2D eigenvalue weighted by Crippen LogP contribution is -2.03. The number of benzene rings is 1. The predicted octanol–water partition coefficient (Wildman–Crippen LogP) is 4.08. The van der Waals surface area contributed by atoms with Gasteiger partial charge in [-0.1, -0.05) is 11.6 Å². The summed E-state index contributed by atoms with van der Waals surface area (Å²) in [6, 6.07) is 5.92. The van der Waals surface area contributed by atoms with Crippen LogP contribution in [0.2, 0.25) is 5.02 Å². The molecule has 0 unspecified atom stereocenters. The highest BCUT2D eigenvalue weighted by Crippen LogP contribution is 2.23. The molecule has 0 saturated carbocycles. The highest BCUT2D eigenvalue weighted by molar-refractivity contribution is 7.12. The molecule has 82 valence electrons. The van der Waals surface area contributed by atoms with Crippen LogP contribution in [0.25, 0.3) is 0 Å². The predicted molar refractivity (Wildman–Crippen MR) is 63.9 cm³/mol. The minimum absolute atomic E-state index is 0.0648. The van der Waals surface area contributed by atoms with Gasteiger partial charge in [-0.15, -0.1) is 11.3 Å². The Balaban J connectivity index is 2.46. The first-order valence-corrected chi connectivity index (χ1v) is 5.89. The fourth-order valence-corrected chi connectivity index (χ4v) is 2.44. The molecule has 0 aliphatic heterocycles. The summed E-state index contributed by atoms with van der Waals surface area (Å²) in [4.78, 5) is 12.6. The normalized spacial score (nSPS) is 10.4. The first kappa shape index (κ1) is 11.3. The summed E-state index contributed by atoms with van der Waals surface area (Å²) in [6.45, 7) is 1.83. The first-order chi connectivity index (χ1) is 7.59. The van der Waals surface area contributed by atoms with Gasteiger partial charge in [0.25, 0.3) is 0 Å². The van der Waals surface area contributed by atoms with Gasteiger partial charge in [0.05, 0.1) is 10.4 Å². The molecule has 16 heavy (non-hydrogen) atoms. The first-order valence-electron chi connectivity index (χ1n) is 4.63. The van der Waals surface area contributed by atoms with Gasteiger partial charge in [0, 0.05) is 5.02 Å². The fourth-order valence-electron chi connectivity index (χ4n) is 1.40. The molecule has 2 aromatic rings. The van der Waals surface area contributed by atoms with Crippen molar-refractivity contribution < 1.29 is 9.18 Å². The number of hydrogen-bond donors (Lipinski definition) is 0. The Morgan fingerprint density at radius 1 is 1.38 bits per heavy atom. The van der Waals surface area contributed by atoms with Crippen molar-refractivity contribution in [2.75, 3.05) is 0 Å². The molecule has 1 heterocycles. The summed E-state index contributed by atoms with van der Waals surface area (Å²) in [5, 5.41) is 2.10. The van der Waals surface area contributed by atoms with Gasteiger partial charge in [0.1, 0.15) is 5.82 Å². The topological polar surface area (TPSA) is 17.1 Å². The smallest absolute Gasteiger partial charge is 0.206 e. The zero-order valence-corrected chi connectivity index (χ0v) is 10.0. The highest BCUT2D eigenvalue weighted by atomic mass is 35.5. The third kappa shape index (κ3) is 2.01. The number of hydrogen-bond acceptors (Lipinski definition) is 2. The lowest BCUT2D eigenvalue weighted by molar-refractivity contribution is 0.103. The quantitative estimate of drug-likeness (QED) is 0.738. The van der Waals surface area contributed by atoms with Gasteiger partial charge in [0.2, 0.25) is 5.78 Å². The molecule has 0 N–H and O–H groups in total. The number of ketones is 1. The van der Waals surface area contributed by atoms with Crippen LogP contribution in [0.5, 0.6) is 0 Å². The van der Waals surface area contributed by atoms with E-state index in [9.17, 15) is 9.18 Å². The van der Waals surface area contributed by atoms with E-state index in [1.54, 1.807) is 0 Å². The van der Waals surface area contributed by atoms with Crippen molar-refractivity contribution in [2.24, 2.45) is 0 Å². The SMILES string of the molecule is Cc1ccsc1C(=O)c1ccc(Cl)cc1F. The van der Waals surface area contributed by atoms with Crippen LogP contribution in [-0.2, 0) is 0 Å². The van der Waals surface area contributed by atoms with Gasteiger partial charge in [-0.05, 0) is 42.1 Å². The molecule has 0 bridgehead atoms. The van der Waals surface area contributed by atoms with Crippen LogP contribution in [0.1, 0.15) is 20.8 Å². The number of carbonyl (C=O) groups excluding carboxylic acids is 1. The van der Waals surface area contributed by atoms with E-state index in [4.69, 9.17) is 11.6 Å². The molecule has 1 nitrogen and oxygen atoms in total. The molecule has 0 aliphatic carbocycles. The molecule has 4 heteroatoms. The fraction of sp³-hybridized carbons (Fsp3) is 0.0833. The molecule has 2 rings (SSSR count). The van der Waals surface area contributed by atoms with Crippen molar-refractivity contribution in [3.8, 4) is 0 Å². The second-order valence-electron chi connectivity index (χ2n) is 3.39. The molecule has 0 radical (unpaired) electrons. The van der Waals surface area contributed by atoms with E-state index in [-0.39, 0.29) is 16.4 Å². The Morgan fingerprint density at radius 2 is 2.12 bits per heavy atom. The highest BCUT2D eigenvalue weighted by Gasteiger charge is 2.16. The largest absolute Gasteiger partial charge is 0.288 e. The zero-order chi connectivity index (χ0) is 11.7. The molecule has 0 atom stereocenters. The lowest BCUT2D eigenvalue weighted by atomic mass is 10.1. The number of thiophene rings is 1. The van der Waals surface area contributed by atoms with Crippen molar-refractivity contribution in [2.45, 2.75) is 6.92 Å². The molecule has 0 spiro atoms. The average Bonchev–Trinajstić information content (AvgIpc) is 2.63. The maximum atomic E-state index is 13.5. The maximum absolute atomic E-state index is 13.5. The minimum atomic E-state index is -0.578. The van der Waals surface area contributed by atoms with Crippen LogP contribution in [0.3, 0.4) is 0 Å². The van der Waals surface area contributed by atoms with Crippen LogP contribution < -0.4 is 0 Å². The molecule has 0 amide bonds. The van der Waals surface area contributed by atoms with E-state index in [2.05, 4.69) is 0 Å². The minimum Gasteiger partial charge on any atom is -0.288 e. The van der Waals surface area contributed by atoms with Crippen molar-refractivity contribution in [3.63, 3.8) is 0 Å². The Kier molecular flexibility index (Phi) is 3.08. The lowest BCUT2D eigenvalue weighted by Gasteiger charge is -2.02. The van der Waals surface area contributed by atoms with E-state index in [1.165, 1.54) is 23.5 Å². The van der Waals surface area contributed by atoms with Crippen molar-refractivity contribution >= 4 is 28.7 Å². The van der Waals surface area contributed by atoms with Crippen molar-refractivity contribution in [1.29, 1.82) is 0 Å². The van der Waals surface area contributed by atoms with Gasteiger partial charge in [-0.3, -0.25) is 4.79 Å². The second-order valence-corrected chi connectivity index (χ2v) is 4.74. The van der Waals surface area contributed by atoms with E-state index >= 15 is 0 Å². The summed E-state index contributed by atoms with van der Waals surface area (Å²) in [7, 11) is 0. The number of carbonyl (C=O) groups is 1. The number of aryl methyl sites for hydroxylation is 1.